The van der Waals surface area contributed by atoms with E-state index in [4.69, 9.17) is 27.6 Å². The lowest BCUT2D eigenvalue weighted by Gasteiger charge is -2.35. The minimum Gasteiger partial charge on any atom is -0.369 e. The number of imidazole rings is 1. The zero-order valence-corrected chi connectivity index (χ0v) is 20.8. The summed E-state index contributed by atoms with van der Waals surface area (Å²) in [5.41, 5.74) is 6.43. The number of amides is 1. The average Bonchev–Trinajstić information content (AvgIpc) is 3.49. The molecule has 3 aromatic rings. The molecule has 2 fully saturated rings. The van der Waals surface area contributed by atoms with Crippen molar-refractivity contribution in [3.63, 3.8) is 0 Å². The Bertz CT molecular complexity index is 1330. The lowest BCUT2D eigenvalue weighted by Crippen LogP contribution is -2.38. The Morgan fingerprint density at radius 3 is 2.61 bits per heavy atom. The number of hydrogen-bond acceptors (Lipinski definition) is 7. The summed E-state index contributed by atoms with van der Waals surface area (Å²) in [5.74, 6) is -0.0538. The standard InChI is InChI=1S/C25H28ClFN8O/c1-25(22(29)36)8-6-16(7-9-25)35-21-19(13-30-23(34-21)31-15-4-2-3-5-15)32-24(35)33-20-17(26)10-14(12-28)11-18(20)27/h10-11,13,15-16H,2-9H2,1H3,(H2,29,36)(H,32,33)(H,30,31,34)/t16-,25-. The van der Waals surface area contributed by atoms with Gasteiger partial charge in [0.05, 0.1) is 28.5 Å². The maximum Gasteiger partial charge on any atom is 0.224 e. The predicted molar refractivity (Wildman–Crippen MR) is 135 cm³/mol. The van der Waals surface area contributed by atoms with Crippen molar-refractivity contribution >= 4 is 46.3 Å². The summed E-state index contributed by atoms with van der Waals surface area (Å²) < 4.78 is 16.8. The number of anilines is 3. The molecule has 4 N–H and O–H groups in total. The third-order valence-corrected chi connectivity index (χ3v) is 7.85. The van der Waals surface area contributed by atoms with E-state index in [1.807, 2.05) is 17.6 Å². The SMILES string of the molecule is C[C@]1(C(N)=O)CC[C@H](n2c(Nc3c(F)cc(C#N)cc3Cl)nc3cnc(NC4CCCC4)nc32)CC1. The van der Waals surface area contributed by atoms with Crippen LogP contribution in [0.3, 0.4) is 0 Å². The number of carbonyl (C=O) groups excluding carboxylic acids is 1. The number of hydrogen-bond donors (Lipinski definition) is 3. The van der Waals surface area contributed by atoms with Gasteiger partial charge in [0.25, 0.3) is 0 Å². The molecule has 11 heteroatoms. The highest BCUT2D eigenvalue weighted by Crippen LogP contribution is 2.43. The molecule has 0 bridgehead atoms. The van der Waals surface area contributed by atoms with Crippen molar-refractivity contribution in [1.29, 1.82) is 5.26 Å². The van der Waals surface area contributed by atoms with Gasteiger partial charge in [0.1, 0.15) is 11.3 Å². The summed E-state index contributed by atoms with van der Waals surface area (Å²) in [7, 11) is 0. The van der Waals surface area contributed by atoms with Gasteiger partial charge in [0.2, 0.25) is 17.8 Å². The van der Waals surface area contributed by atoms with E-state index < -0.39 is 11.2 Å². The van der Waals surface area contributed by atoms with Gasteiger partial charge < -0.3 is 16.4 Å². The van der Waals surface area contributed by atoms with E-state index in [0.29, 0.717) is 54.8 Å². The van der Waals surface area contributed by atoms with Gasteiger partial charge in [-0.05, 0) is 50.7 Å². The summed E-state index contributed by atoms with van der Waals surface area (Å²) in [6.45, 7) is 1.90. The number of nitriles is 1. The fraction of sp³-hybridized carbons (Fsp3) is 0.480. The number of nitrogens with two attached hydrogens (primary N) is 1. The average molecular weight is 511 g/mol. The summed E-state index contributed by atoms with van der Waals surface area (Å²) in [5, 5.41) is 15.7. The van der Waals surface area contributed by atoms with Crippen molar-refractivity contribution in [2.75, 3.05) is 10.6 Å². The van der Waals surface area contributed by atoms with Gasteiger partial charge in [-0.3, -0.25) is 9.36 Å². The molecular formula is C25H28ClFN8O. The van der Waals surface area contributed by atoms with Gasteiger partial charge in [-0.1, -0.05) is 31.4 Å². The Balaban J connectivity index is 1.55. The molecule has 188 valence electrons. The second kappa shape index (κ2) is 9.54. The van der Waals surface area contributed by atoms with E-state index in [2.05, 4.69) is 20.6 Å². The van der Waals surface area contributed by atoms with Crippen LogP contribution in [0.5, 0.6) is 0 Å². The predicted octanol–water partition coefficient (Wildman–Crippen LogP) is 5.20. The Morgan fingerprint density at radius 2 is 1.97 bits per heavy atom. The molecule has 0 spiro atoms. The fourth-order valence-electron chi connectivity index (χ4n) is 5.26. The molecule has 5 rings (SSSR count). The molecule has 9 nitrogen and oxygen atoms in total. The number of fused-ring (bicyclic) bond motifs is 1. The van der Waals surface area contributed by atoms with Crippen LogP contribution in [0.15, 0.2) is 18.3 Å². The van der Waals surface area contributed by atoms with Gasteiger partial charge >= 0.3 is 0 Å². The van der Waals surface area contributed by atoms with Crippen LogP contribution in [-0.2, 0) is 4.79 Å². The van der Waals surface area contributed by atoms with Gasteiger partial charge in [-0.2, -0.15) is 10.2 Å². The van der Waals surface area contributed by atoms with Crippen molar-refractivity contribution in [1.82, 2.24) is 19.5 Å². The van der Waals surface area contributed by atoms with Gasteiger partial charge in [0, 0.05) is 17.5 Å². The molecule has 2 aliphatic rings. The normalized spacial score (nSPS) is 22.4. The second-order valence-electron chi connectivity index (χ2n) is 10.0. The number of carbonyl (C=O) groups is 1. The summed E-state index contributed by atoms with van der Waals surface area (Å²) in [4.78, 5) is 25.9. The lowest BCUT2D eigenvalue weighted by atomic mass is 9.73. The van der Waals surface area contributed by atoms with Crippen molar-refractivity contribution < 1.29 is 9.18 Å². The Kier molecular flexibility index (Phi) is 6.43. The first-order valence-corrected chi connectivity index (χ1v) is 12.6. The monoisotopic (exact) mass is 510 g/mol. The molecule has 2 aliphatic carbocycles. The van der Waals surface area contributed by atoms with E-state index in [9.17, 15) is 9.18 Å². The highest BCUT2D eigenvalue weighted by atomic mass is 35.5. The zero-order chi connectivity index (χ0) is 25.4. The molecule has 36 heavy (non-hydrogen) atoms. The van der Waals surface area contributed by atoms with E-state index in [0.717, 1.165) is 18.9 Å². The highest BCUT2D eigenvalue weighted by Gasteiger charge is 2.38. The van der Waals surface area contributed by atoms with Gasteiger partial charge in [0.15, 0.2) is 5.65 Å². The minimum absolute atomic E-state index is 0.0299. The van der Waals surface area contributed by atoms with Gasteiger partial charge in [-0.15, -0.1) is 0 Å². The summed E-state index contributed by atoms with van der Waals surface area (Å²) in [6, 6.07) is 4.73. The largest absolute Gasteiger partial charge is 0.369 e. The van der Waals surface area contributed by atoms with E-state index in [-0.39, 0.29) is 28.2 Å². The number of aromatic nitrogens is 4. The first kappa shape index (κ1) is 24.3. The van der Waals surface area contributed by atoms with E-state index in [1.54, 1.807) is 6.20 Å². The van der Waals surface area contributed by atoms with Crippen LogP contribution in [0.1, 0.15) is 69.9 Å². The molecule has 0 saturated heterocycles. The van der Waals surface area contributed by atoms with Crippen LogP contribution < -0.4 is 16.4 Å². The molecule has 1 amide bonds. The van der Waals surface area contributed by atoms with Crippen molar-refractivity contribution in [3.05, 3.63) is 34.7 Å². The number of primary amides is 1. The molecule has 0 aliphatic heterocycles. The van der Waals surface area contributed by atoms with Crippen molar-refractivity contribution in [2.45, 2.75) is 70.4 Å². The third kappa shape index (κ3) is 4.55. The molecule has 2 heterocycles. The van der Waals surface area contributed by atoms with Crippen LogP contribution >= 0.6 is 11.6 Å². The van der Waals surface area contributed by atoms with Crippen LogP contribution in [0.2, 0.25) is 5.02 Å². The first-order valence-electron chi connectivity index (χ1n) is 12.2. The molecular weight excluding hydrogens is 483 g/mol. The first-order chi connectivity index (χ1) is 17.3. The molecule has 1 aromatic carbocycles. The number of nitrogens with one attached hydrogen (secondary N) is 2. The molecule has 0 unspecified atom stereocenters. The van der Waals surface area contributed by atoms with Crippen LogP contribution in [0, 0.1) is 22.6 Å². The lowest BCUT2D eigenvalue weighted by molar-refractivity contribution is -0.128. The summed E-state index contributed by atoms with van der Waals surface area (Å²) in [6.07, 6.45) is 8.79. The Morgan fingerprint density at radius 1 is 1.25 bits per heavy atom. The molecule has 2 aromatic heterocycles. The molecule has 0 radical (unpaired) electrons. The number of benzene rings is 1. The minimum atomic E-state index is -0.655. The number of nitrogens with zero attached hydrogens (tertiary/aromatic N) is 5. The number of rotatable bonds is 6. The summed E-state index contributed by atoms with van der Waals surface area (Å²) >= 11 is 6.31. The fourth-order valence-corrected chi connectivity index (χ4v) is 5.52. The Labute approximate surface area is 213 Å². The second-order valence-corrected chi connectivity index (χ2v) is 10.4. The topological polar surface area (TPSA) is 135 Å². The van der Waals surface area contributed by atoms with Crippen LogP contribution in [0.25, 0.3) is 11.2 Å². The zero-order valence-electron chi connectivity index (χ0n) is 20.0. The van der Waals surface area contributed by atoms with Crippen LogP contribution in [0.4, 0.5) is 22.0 Å². The smallest absolute Gasteiger partial charge is 0.224 e. The highest BCUT2D eigenvalue weighted by molar-refractivity contribution is 6.33. The van der Waals surface area contributed by atoms with Gasteiger partial charge in [-0.25, -0.2) is 14.4 Å². The number of halogens is 2. The van der Waals surface area contributed by atoms with E-state index >= 15 is 0 Å². The van der Waals surface area contributed by atoms with E-state index in [1.165, 1.54) is 18.9 Å². The third-order valence-electron chi connectivity index (χ3n) is 7.55. The molecule has 0 atom stereocenters. The van der Waals surface area contributed by atoms with Crippen molar-refractivity contribution in [2.24, 2.45) is 11.1 Å². The van der Waals surface area contributed by atoms with Crippen LogP contribution in [-0.4, -0.2) is 31.5 Å². The molecule has 2 saturated carbocycles. The Hall–Kier alpha value is -3.45. The van der Waals surface area contributed by atoms with Crippen molar-refractivity contribution in [3.8, 4) is 6.07 Å². The maximum atomic E-state index is 14.9. The quantitative estimate of drug-likeness (QED) is 0.415. The maximum absolute atomic E-state index is 14.9.